The average molecular weight is 265 g/mol. The van der Waals surface area contributed by atoms with Crippen LogP contribution in [0.3, 0.4) is 0 Å². The zero-order chi connectivity index (χ0) is 13.9. The third-order valence-electron chi connectivity index (χ3n) is 4.12. The lowest BCUT2D eigenvalue weighted by Crippen LogP contribution is -2.27. The number of hydrogen-bond acceptors (Lipinski definition) is 3. The minimum atomic E-state index is 0.444. The molecule has 0 spiro atoms. The van der Waals surface area contributed by atoms with Crippen LogP contribution in [0.4, 0.5) is 5.82 Å². The third-order valence-corrected chi connectivity index (χ3v) is 4.12. The normalized spacial score (nSPS) is 22.4. The zero-order valence-corrected chi connectivity index (χ0v) is 11.8. The van der Waals surface area contributed by atoms with Crippen LogP contribution in [0.25, 0.3) is 10.9 Å². The van der Waals surface area contributed by atoms with Crippen molar-refractivity contribution in [2.75, 3.05) is 5.32 Å². The summed E-state index contributed by atoms with van der Waals surface area (Å²) in [4.78, 5) is 4.63. The Morgan fingerprint density at radius 3 is 2.95 bits per heavy atom. The summed E-state index contributed by atoms with van der Waals surface area (Å²) in [5.41, 5.74) is 1.58. The molecule has 0 bridgehead atoms. The molecular weight excluding hydrogens is 246 g/mol. The van der Waals surface area contributed by atoms with E-state index in [1.165, 1.54) is 25.7 Å². The molecule has 2 unspecified atom stereocenters. The van der Waals surface area contributed by atoms with Gasteiger partial charge >= 0.3 is 0 Å². The number of nitriles is 1. The van der Waals surface area contributed by atoms with Gasteiger partial charge in [-0.15, -0.1) is 0 Å². The molecule has 1 aromatic heterocycles. The highest BCUT2D eigenvalue weighted by molar-refractivity contribution is 5.82. The summed E-state index contributed by atoms with van der Waals surface area (Å²) < 4.78 is 0. The first-order valence-electron chi connectivity index (χ1n) is 7.32. The summed E-state index contributed by atoms with van der Waals surface area (Å²) in [5.74, 6) is 1.50. The molecule has 1 fully saturated rings. The maximum absolute atomic E-state index is 9.33. The first-order chi connectivity index (χ1) is 9.76. The Balaban J connectivity index is 1.91. The number of hydrogen-bond donors (Lipinski definition) is 1. The lowest BCUT2D eigenvalue weighted by Gasteiger charge is -2.28. The van der Waals surface area contributed by atoms with Crippen LogP contribution in [0.15, 0.2) is 30.3 Å². The molecule has 3 heteroatoms. The molecule has 1 aliphatic carbocycles. The van der Waals surface area contributed by atoms with Crippen molar-refractivity contribution in [2.45, 2.75) is 38.6 Å². The Kier molecular flexibility index (Phi) is 3.56. The predicted octanol–water partition coefficient (Wildman–Crippen LogP) is 4.10. The molecule has 0 saturated heterocycles. The van der Waals surface area contributed by atoms with Crippen molar-refractivity contribution in [1.29, 1.82) is 5.26 Å². The van der Waals surface area contributed by atoms with Crippen LogP contribution in [-0.4, -0.2) is 11.0 Å². The molecule has 1 saturated carbocycles. The van der Waals surface area contributed by atoms with E-state index in [4.69, 9.17) is 0 Å². The Bertz CT molecular complexity index is 657. The maximum atomic E-state index is 9.33. The van der Waals surface area contributed by atoms with Crippen LogP contribution >= 0.6 is 0 Å². The summed E-state index contributed by atoms with van der Waals surface area (Å²) in [6.45, 7) is 2.30. The van der Waals surface area contributed by atoms with E-state index in [1.807, 2.05) is 30.3 Å². The minimum absolute atomic E-state index is 0.444. The quantitative estimate of drug-likeness (QED) is 0.889. The molecule has 3 rings (SSSR count). The number of anilines is 1. The lowest BCUT2D eigenvalue weighted by molar-refractivity contribution is 0.358. The molecule has 3 nitrogen and oxygen atoms in total. The van der Waals surface area contributed by atoms with Crippen molar-refractivity contribution < 1.29 is 0 Å². The molecule has 0 aliphatic heterocycles. The highest BCUT2D eigenvalue weighted by atomic mass is 15.0. The molecule has 1 aromatic carbocycles. The van der Waals surface area contributed by atoms with E-state index in [9.17, 15) is 5.26 Å². The van der Waals surface area contributed by atoms with Gasteiger partial charge < -0.3 is 5.32 Å². The number of nitrogens with one attached hydrogen (secondary N) is 1. The molecule has 102 valence electrons. The molecule has 0 amide bonds. The van der Waals surface area contributed by atoms with Crippen molar-refractivity contribution in [2.24, 2.45) is 5.92 Å². The molecule has 2 atom stereocenters. The van der Waals surface area contributed by atoms with Crippen LogP contribution < -0.4 is 5.32 Å². The molecule has 1 heterocycles. The van der Waals surface area contributed by atoms with Gasteiger partial charge in [-0.25, -0.2) is 4.98 Å². The fourth-order valence-electron chi connectivity index (χ4n) is 3.07. The molecular formula is C17H19N3. The van der Waals surface area contributed by atoms with Gasteiger partial charge in [0.25, 0.3) is 0 Å². The Hall–Kier alpha value is -2.08. The summed E-state index contributed by atoms with van der Waals surface area (Å²) in [7, 11) is 0. The van der Waals surface area contributed by atoms with Gasteiger partial charge in [-0.2, -0.15) is 5.26 Å². The van der Waals surface area contributed by atoms with Gasteiger partial charge in [0.1, 0.15) is 11.9 Å². The van der Waals surface area contributed by atoms with Gasteiger partial charge in [-0.05, 0) is 30.9 Å². The number of rotatable bonds is 2. The van der Waals surface area contributed by atoms with Crippen molar-refractivity contribution in [3.05, 3.63) is 35.9 Å². The molecule has 20 heavy (non-hydrogen) atoms. The smallest absolute Gasteiger partial charge is 0.144 e. The van der Waals surface area contributed by atoms with Crippen LogP contribution in [0.5, 0.6) is 0 Å². The van der Waals surface area contributed by atoms with E-state index in [1.54, 1.807) is 0 Å². The topological polar surface area (TPSA) is 48.7 Å². The van der Waals surface area contributed by atoms with E-state index in [2.05, 4.69) is 23.3 Å². The molecule has 0 radical (unpaired) electrons. The van der Waals surface area contributed by atoms with Crippen molar-refractivity contribution in [1.82, 2.24) is 4.98 Å². The Morgan fingerprint density at radius 1 is 1.30 bits per heavy atom. The van der Waals surface area contributed by atoms with E-state index >= 15 is 0 Å². The largest absolute Gasteiger partial charge is 0.366 e. The number of aromatic nitrogens is 1. The molecule has 1 aliphatic rings. The second kappa shape index (κ2) is 5.50. The number of pyridine rings is 1. The average Bonchev–Trinajstić information content (AvgIpc) is 2.46. The van der Waals surface area contributed by atoms with Crippen LogP contribution in [0.1, 0.15) is 38.2 Å². The first kappa shape index (κ1) is 12.9. The lowest BCUT2D eigenvalue weighted by atomic mass is 9.87. The van der Waals surface area contributed by atoms with Gasteiger partial charge in [0, 0.05) is 11.4 Å². The van der Waals surface area contributed by atoms with Crippen molar-refractivity contribution in [3.8, 4) is 6.07 Å². The van der Waals surface area contributed by atoms with Crippen LogP contribution in [0.2, 0.25) is 0 Å². The van der Waals surface area contributed by atoms with Crippen LogP contribution in [-0.2, 0) is 0 Å². The van der Waals surface area contributed by atoms with Gasteiger partial charge in [0.15, 0.2) is 0 Å². The Labute approximate surface area is 119 Å². The minimum Gasteiger partial charge on any atom is -0.366 e. The fourth-order valence-corrected chi connectivity index (χ4v) is 3.07. The second-order valence-corrected chi connectivity index (χ2v) is 5.80. The Morgan fingerprint density at radius 2 is 2.15 bits per heavy atom. The van der Waals surface area contributed by atoms with Gasteiger partial charge in [-0.3, -0.25) is 0 Å². The summed E-state index contributed by atoms with van der Waals surface area (Å²) >= 11 is 0. The summed E-state index contributed by atoms with van der Waals surface area (Å²) in [6, 6.07) is 12.6. The summed E-state index contributed by atoms with van der Waals surface area (Å²) in [6.07, 6.45) is 4.91. The number of fused-ring (bicyclic) bond motifs is 1. The van der Waals surface area contributed by atoms with E-state index in [0.717, 1.165) is 22.6 Å². The van der Waals surface area contributed by atoms with Crippen molar-refractivity contribution >= 4 is 16.7 Å². The number of para-hydroxylation sites is 1. The monoisotopic (exact) mass is 265 g/mol. The van der Waals surface area contributed by atoms with Gasteiger partial charge in [0.05, 0.1) is 11.1 Å². The highest BCUT2D eigenvalue weighted by Gasteiger charge is 2.20. The number of benzene rings is 1. The van der Waals surface area contributed by atoms with Crippen LogP contribution in [0, 0.1) is 17.2 Å². The van der Waals surface area contributed by atoms with E-state index < -0.39 is 0 Å². The fraction of sp³-hybridized carbons (Fsp3) is 0.412. The highest BCUT2D eigenvalue weighted by Crippen LogP contribution is 2.27. The van der Waals surface area contributed by atoms with Gasteiger partial charge in [0.2, 0.25) is 0 Å². The van der Waals surface area contributed by atoms with Crippen molar-refractivity contribution in [3.63, 3.8) is 0 Å². The number of nitrogens with zero attached hydrogens (tertiary/aromatic N) is 2. The summed E-state index contributed by atoms with van der Waals surface area (Å²) in [5, 5.41) is 13.8. The predicted molar refractivity (Wildman–Crippen MR) is 81.5 cm³/mol. The van der Waals surface area contributed by atoms with Gasteiger partial charge in [-0.1, -0.05) is 38.0 Å². The SMILES string of the molecule is CC1CCCC(Nc2nc3ccccc3cc2C#N)C1. The second-order valence-electron chi connectivity index (χ2n) is 5.80. The zero-order valence-electron chi connectivity index (χ0n) is 11.8. The molecule has 1 N–H and O–H groups in total. The van der Waals surface area contributed by atoms with E-state index in [-0.39, 0.29) is 0 Å². The maximum Gasteiger partial charge on any atom is 0.144 e. The first-order valence-corrected chi connectivity index (χ1v) is 7.32. The van der Waals surface area contributed by atoms with E-state index in [0.29, 0.717) is 11.6 Å². The third kappa shape index (κ3) is 2.60. The standard InChI is InChI=1S/C17H19N3/c1-12-5-4-7-15(9-12)19-17-14(11-18)10-13-6-2-3-8-16(13)20-17/h2-3,6,8,10,12,15H,4-5,7,9H2,1H3,(H,19,20). The molecule has 2 aromatic rings.